The van der Waals surface area contributed by atoms with E-state index in [-0.39, 0.29) is 24.4 Å². The molecule has 0 aromatic heterocycles. The van der Waals surface area contributed by atoms with E-state index in [1.807, 2.05) is 30.3 Å². The number of nitrogens with zero attached hydrogens (tertiary/aromatic N) is 1. The molecule has 1 aliphatic heterocycles. The van der Waals surface area contributed by atoms with Crippen LogP contribution in [0.15, 0.2) is 54.6 Å². The molecule has 1 unspecified atom stereocenters. The fourth-order valence-electron chi connectivity index (χ4n) is 2.82. The lowest BCUT2D eigenvalue weighted by Crippen LogP contribution is -2.63. The highest BCUT2D eigenvalue weighted by atomic mass is 19.1. The molecule has 1 aliphatic rings. The molecule has 7 nitrogen and oxygen atoms in total. The first-order valence-corrected chi connectivity index (χ1v) is 8.56. The second-order valence-corrected chi connectivity index (χ2v) is 6.26. The number of primary amides is 1. The third kappa shape index (κ3) is 4.87. The third-order valence-corrected chi connectivity index (χ3v) is 4.26. The number of nitrogens with two attached hydrogens (primary N) is 1. The number of para-hydroxylation sites is 1. The van der Waals surface area contributed by atoms with Gasteiger partial charge in [-0.2, -0.15) is 0 Å². The molecule has 8 heteroatoms. The number of ether oxygens (including phenoxy) is 1. The third-order valence-electron chi connectivity index (χ3n) is 4.26. The zero-order valence-electron chi connectivity index (χ0n) is 14.6. The average Bonchev–Trinajstić information content (AvgIpc) is 2.63. The number of carbonyl (C=O) groups is 2. The van der Waals surface area contributed by atoms with E-state index in [2.05, 4.69) is 10.6 Å². The van der Waals surface area contributed by atoms with E-state index in [4.69, 9.17) is 10.5 Å². The van der Waals surface area contributed by atoms with Crippen molar-refractivity contribution in [2.75, 3.05) is 19.7 Å². The van der Waals surface area contributed by atoms with E-state index in [1.54, 1.807) is 17.0 Å². The summed E-state index contributed by atoms with van der Waals surface area (Å²) in [4.78, 5) is 24.8. The van der Waals surface area contributed by atoms with Crippen molar-refractivity contribution in [2.24, 2.45) is 5.73 Å². The molecule has 4 amide bonds. The SMILES string of the molecule is NC(=O)NC1CN(C(=O)NC(COc2ccccc2F)c2ccccc2)C1. The molecule has 2 aromatic carbocycles. The lowest BCUT2D eigenvalue weighted by atomic mass is 10.1. The lowest BCUT2D eigenvalue weighted by Gasteiger charge is -2.39. The van der Waals surface area contributed by atoms with Gasteiger partial charge in [0.1, 0.15) is 6.61 Å². The second kappa shape index (κ2) is 8.39. The summed E-state index contributed by atoms with van der Waals surface area (Å²) in [5.74, 6) is -0.332. The zero-order valence-corrected chi connectivity index (χ0v) is 14.6. The maximum Gasteiger partial charge on any atom is 0.318 e. The number of hydrogen-bond donors (Lipinski definition) is 3. The fraction of sp³-hybridized carbons (Fsp3) is 0.263. The van der Waals surface area contributed by atoms with E-state index in [9.17, 15) is 14.0 Å². The normalized spacial score (nSPS) is 14.8. The molecule has 27 heavy (non-hydrogen) atoms. The molecule has 0 saturated carbocycles. The van der Waals surface area contributed by atoms with E-state index >= 15 is 0 Å². The van der Waals surface area contributed by atoms with Crippen molar-refractivity contribution in [2.45, 2.75) is 12.1 Å². The highest BCUT2D eigenvalue weighted by Crippen LogP contribution is 2.20. The van der Waals surface area contributed by atoms with Gasteiger partial charge < -0.3 is 26.0 Å². The van der Waals surface area contributed by atoms with Gasteiger partial charge in [0.2, 0.25) is 0 Å². The topological polar surface area (TPSA) is 96.7 Å². The van der Waals surface area contributed by atoms with Crippen molar-refractivity contribution in [1.82, 2.24) is 15.5 Å². The van der Waals surface area contributed by atoms with Crippen LogP contribution in [0.2, 0.25) is 0 Å². The van der Waals surface area contributed by atoms with Gasteiger partial charge in [-0.25, -0.2) is 14.0 Å². The van der Waals surface area contributed by atoms with Crippen LogP contribution < -0.4 is 21.1 Å². The number of urea groups is 2. The molecule has 1 heterocycles. The Morgan fingerprint density at radius 3 is 2.48 bits per heavy atom. The Morgan fingerprint density at radius 2 is 1.81 bits per heavy atom. The van der Waals surface area contributed by atoms with Crippen LogP contribution in [-0.4, -0.2) is 42.7 Å². The van der Waals surface area contributed by atoms with Crippen LogP contribution in [0.3, 0.4) is 0 Å². The van der Waals surface area contributed by atoms with Crippen molar-refractivity contribution in [3.8, 4) is 5.75 Å². The molecule has 0 spiro atoms. The highest BCUT2D eigenvalue weighted by Gasteiger charge is 2.32. The molecule has 1 fully saturated rings. The minimum atomic E-state index is -0.611. The summed E-state index contributed by atoms with van der Waals surface area (Å²) >= 11 is 0. The summed E-state index contributed by atoms with van der Waals surface area (Å²) in [6, 6.07) is 13.9. The fourth-order valence-corrected chi connectivity index (χ4v) is 2.82. The molecule has 1 saturated heterocycles. The van der Waals surface area contributed by atoms with Gasteiger partial charge >= 0.3 is 12.1 Å². The Hall–Kier alpha value is -3.29. The van der Waals surface area contributed by atoms with E-state index < -0.39 is 17.9 Å². The summed E-state index contributed by atoms with van der Waals surface area (Å²) in [5, 5.41) is 5.45. The number of amides is 4. The van der Waals surface area contributed by atoms with Gasteiger partial charge in [-0.15, -0.1) is 0 Å². The molecular weight excluding hydrogens is 351 g/mol. The van der Waals surface area contributed by atoms with Crippen LogP contribution in [0, 0.1) is 5.82 Å². The minimum Gasteiger partial charge on any atom is -0.488 e. The summed E-state index contributed by atoms with van der Waals surface area (Å²) in [6.45, 7) is 0.836. The Kier molecular flexibility index (Phi) is 5.75. The van der Waals surface area contributed by atoms with Crippen LogP contribution in [0.4, 0.5) is 14.0 Å². The van der Waals surface area contributed by atoms with Gasteiger partial charge in [-0.1, -0.05) is 42.5 Å². The van der Waals surface area contributed by atoms with Gasteiger partial charge in [0.25, 0.3) is 0 Å². The number of hydrogen-bond acceptors (Lipinski definition) is 3. The number of likely N-dealkylation sites (tertiary alicyclic amines) is 1. The number of rotatable bonds is 6. The minimum absolute atomic E-state index is 0.0769. The van der Waals surface area contributed by atoms with E-state index in [0.29, 0.717) is 13.1 Å². The summed E-state index contributed by atoms with van der Waals surface area (Å²) in [7, 11) is 0. The highest BCUT2D eigenvalue weighted by molar-refractivity contribution is 5.77. The average molecular weight is 372 g/mol. The standard InChI is InChI=1S/C19H21FN4O3/c20-15-8-4-5-9-17(15)27-12-16(13-6-2-1-3-7-13)23-19(26)24-10-14(11-24)22-18(21)25/h1-9,14,16H,10-12H2,(H,23,26)(H3,21,22,25). The van der Waals surface area contributed by atoms with Crippen LogP contribution in [0.1, 0.15) is 11.6 Å². The monoisotopic (exact) mass is 372 g/mol. The number of nitrogens with one attached hydrogen (secondary N) is 2. The van der Waals surface area contributed by atoms with E-state index in [0.717, 1.165) is 5.56 Å². The predicted molar refractivity (Wildman–Crippen MR) is 97.7 cm³/mol. The zero-order chi connectivity index (χ0) is 19.2. The van der Waals surface area contributed by atoms with Crippen LogP contribution in [0.5, 0.6) is 5.75 Å². The molecular formula is C19H21FN4O3. The van der Waals surface area contributed by atoms with Gasteiger partial charge in [-0.05, 0) is 17.7 Å². The quantitative estimate of drug-likeness (QED) is 0.724. The summed E-state index contributed by atoms with van der Waals surface area (Å²) in [5.41, 5.74) is 5.91. The van der Waals surface area contributed by atoms with Crippen molar-refractivity contribution in [1.29, 1.82) is 0 Å². The van der Waals surface area contributed by atoms with Crippen molar-refractivity contribution >= 4 is 12.1 Å². The predicted octanol–water partition coefficient (Wildman–Crippen LogP) is 2.01. The Morgan fingerprint density at radius 1 is 1.15 bits per heavy atom. The van der Waals surface area contributed by atoms with Gasteiger partial charge in [0.15, 0.2) is 11.6 Å². The first-order chi connectivity index (χ1) is 13.0. The molecule has 0 bridgehead atoms. The van der Waals surface area contributed by atoms with Crippen LogP contribution in [-0.2, 0) is 0 Å². The number of halogens is 1. The molecule has 0 aliphatic carbocycles. The van der Waals surface area contributed by atoms with Gasteiger partial charge in [0, 0.05) is 13.1 Å². The lowest BCUT2D eigenvalue weighted by molar-refractivity contribution is 0.133. The van der Waals surface area contributed by atoms with Gasteiger partial charge in [-0.3, -0.25) is 0 Å². The second-order valence-electron chi connectivity index (χ2n) is 6.26. The summed E-state index contributed by atoms with van der Waals surface area (Å²) in [6.07, 6.45) is 0. The maximum atomic E-state index is 13.8. The molecule has 142 valence electrons. The Bertz CT molecular complexity index is 797. The first kappa shape index (κ1) is 18.5. The largest absolute Gasteiger partial charge is 0.488 e. The van der Waals surface area contributed by atoms with Gasteiger partial charge in [0.05, 0.1) is 12.1 Å². The first-order valence-electron chi connectivity index (χ1n) is 8.56. The number of benzene rings is 2. The molecule has 1 atom stereocenters. The molecule has 2 aromatic rings. The molecule has 4 N–H and O–H groups in total. The van der Waals surface area contributed by atoms with Crippen LogP contribution >= 0.6 is 0 Å². The van der Waals surface area contributed by atoms with Crippen molar-refractivity contribution in [3.63, 3.8) is 0 Å². The van der Waals surface area contributed by atoms with Crippen LogP contribution in [0.25, 0.3) is 0 Å². The van der Waals surface area contributed by atoms with Crippen molar-refractivity contribution < 1.29 is 18.7 Å². The smallest absolute Gasteiger partial charge is 0.318 e. The number of carbonyl (C=O) groups excluding carboxylic acids is 2. The van der Waals surface area contributed by atoms with E-state index in [1.165, 1.54) is 12.1 Å². The Balaban J connectivity index is 1.62. The molecule has 0 radical (unpaired) electrons. The molecule has 3 rings (SSSR count). The Labute approximate surface area is 156 Å². The van der Waals surface area contributed by atoms with Crippen molar-refractivity contribution in [3.05, 3.63) is 66.0 Å². The summed E-state index contributed by atoms with van der Waals surface area (Å²) < 4.78 is 19.4. The maximum absolute atomic E-state index is 13.8.